The molecule has 0 saturated carbocycles. The van der Waals surface area contributed by atoms with E-state index in [1.54, 1.807) is 0 Å². The Balaban J connectivity index is 1.24. The van der Waals surface area contributed by atoms with Crippen molar-refractivity contribution in [2.24, 2.45) is 0 Å². The zero-order valence-electron chi connectivity index (χ0n) is 41.4. The number of carbonyl (C=O) groups is 3. The van der Waals surface area contributed by atoms with Crippen LogP contribution in [0.3, 0.4) is 0 Å². The third kappa shape index (κ3) is 13.6. The molecular formula is C43H73N3O30. The summed E-state index contributed by atoms with van der Waals surface area (Å²) in [5.74, 6) is -2.17. The number of carbonyl (C=O) groups excluding carboxylic acids is 3. The van der Waals surface area contributed by atoms with Gasteiger partial charge >= 0.3 is 0 Å². The molecule has 0 aromatic carbocycles. The van der Waals surface area contributed by atoms with Gasteiger partial charge in [-0.1, -0.05) is 0 Å². The topological polar surface area (TPSA) is 513 Å². The number of hydrogen-bond donors (Lipinski definition) is 19. The number of hydrogen-bond acceptors (Lipinski definition) is 30. The summed E-state index contributed by atoms with van der Waals surface area (Å²) in [4.78, 5) is 37.1. The summed E-state index contributed by atoms with van der Waals surface area (Å²) in [6, 6.07) is -4.51. The Morgan fingerprint density at radius 2 is 0.645 bits per heavy atom. The molecule has 3 amide bonds. The summed E-state index contributed by atoms with van der Waals surface area (Å²) in [5.41, 5.74) is 0. The van der Waals surface area contributed by atoms with E-state index in [0.29, 0.717) is 0 Å². The van der Waals surface area contributed by atoms with Crippen molar-refractivity contribution in [2.75, 3.05) is 39.6 Å². The van der Waals surface area contributed by atoms with E-state index in [-0.39, 0.29) is 0 Å². The zero-order chi connectivity index (χ0) is 56.2. The molecule has 76 heavy (non-hydrogen) atoms. The van der Waals surface area contributed by atoms with Gasteiger partial charge in [0.2, 0.25) is 17.7 Å². The first-order valence-electron chi connectivity index (χ1n) is 24.4. The molecule has 12 unspecified atom stereocenters. The lowest BCUT2D eigenvalue weighted by molar-refractivity contribution is -0.395. The van der Waals surface area contributed by atoms with Crippen LogP contribution in [-0.4, -0.2) is 323 Å². The van der Waals surface area contributed by atoms with Crippen molar-refractivity contribution in [1.29, 1.82) is 0 Å². The maximum atomic E-state index is 12.6. The summed E-state index contributed by atoms with van der Waals surface area (Å²) >= 11 is 0. The maximum absolute atomic E-state index is 12.6. The van der Waals surface area contributed by atoms with Crippen LogP contribution in [0, 0.1) is 0 Å². The van der Waals surface area contributed by atoms with E-state index < -0.39 is 241 Å². The van der Waals surface area contributed by atoms with Gasteiger partial charge in [-0.2, -0.15) is 0 Å². The van der Waals surface area contributed by atoms with E-state index in [9.17, 15) is 96.1 Å². The smallest absolute Gasteiger partial charge is 0.217 e. The molecular weight excluding hydrogens is 1040 g/mol. The molecule has 6 aliphatic heterocycles. The minimum atomic E-state index is -2.25. The predicted octanol–water partition coefficient (Wildman–Crippen LogP) is -12.6. The average molecular weight is 1110 g/mol. The van der Waals surface area contributed by atoms with E-state index in [1.807, 2.05) is 0 Å². The SMILES string of the molecule is CC(=O)N[C@H]1C(O)[C@H](O[C@@H]2OC(CO)[C@H](O)C(O)[C@@H]2O)C(CO)O[C@H]1OC1C(O)[C@H](O)[C@@H](CO)O[C@@H]1OC1[C@H](O)C(CO)O[C@@H](O[C@@H]2C(CO)O[C@@H](O[C@@H]3C(CO)O[C@@H](C)[C@@H](NC(C)=O)C3O)[C@@H](NC(C)=O)C2O)[C@@H]1O. The Morgan fingerprint density at radius 3 is 1.08 bits per heavy atom. The Morgan fingerprint density at radius 1 is 0.329 bits per heavy atom. The third-order valence-corrected chi connectivity index (χ3v) is 13.9. The molecule has 6 rings (SSSR count). The van der Waals surface area contributed by atoms with Crippen LogP contribution in [0.4, 0.5) is 0 Å². The van der Waals surface area contributed by atoms with Gasteiger partial charge in [0.1, 0.15) is 140 Å². The summed E-state index contributed by atoms with van der Waals surface area (Å²) in [5, 5.41) is 181. The molecule has 33 heteroatoms. The maximum Gasteiger partial charge on any atom is 0.217 e. The lowest BCUT2D eigenvalue weighted by Crippen LogP contribution is -2.70. The Hall–Kier alpha value is -2.67. The molecule has 19 N–H and O–H groups in total. The fourth-order valence-electron chi connectivity index (χ4n) is 9.96. The van der Waals surface area contributed by atoms with Crippen LogP contribution in [0.15, 0.2) is 0 Å². The van der Waals surface area contributed by atoms with Gasteiger partial charge in [-0.3, -0.25) is 14.4 Å². The van der Waals surface area contributed by atoms with Gasteiger partial charge in [0.15, 0.2) is 31.5 Å². The van der Waals surface area contributed by atoms with Gasteiger partial charge in [0.05, 0.1) is 51.8 Å². The zero-order valence-corrected chi connectivity index (χ0v) is 41.4. The fraction of sp³-hybridized carbons (Fsp3) is 0.930. The van der Waals surface area contributed by atoms with Crippen LogP contribution >= 0.6 is 0 Å². The van der Waals surface area contributed by atoms with Crippen molar-refractivity contribution in [3.8, 4) is 0 Å². The quantitative estimate of drug-likeness (QED) is 0.0571. The highest BCUT2D eigenvalue weighted by atomic mass is 16.8. The normalized spacial score (nSPS) is 48.2. The number of amides is 3. The largest absolute Gasteiger partial charge is 0.394 e. The molecule has 0 spiro atoms. The molecule has 6 aliphatic rings. The number of aliphatic hydroxyl groups is 16. The second-order valence-electron chi connectivity index (χ2n) is 19.3. The Bertz CT molecular complexity index is 1870. The highest BCUT2D eigenvalue weighted by molar-refractivity contribution is 5.74. The second-order valence-corrected chi connectivity index (χ2v) is 19.3. The highest BCUT2D eigenvalue weighted by Gasteiger charge is 2.58. The van der Waals surface area contributed by atoms with E-state index in [2.05, 4.69) is 16.0 Å². The van der Waals surface area contributed by atoms with Crippen molar-refractivity contribution in [3.63, 3.8) is 0 Å². The van der Waals surface area contributed by atoms with Crippen LogP contribution in [0.25, 0.3) is 0 Å². The number of aliphatic hydroxyl groups excluding tert-OH is 16. The minimum Gasteiger partial charge on any atom is -0.394 e. The standard InChI is InChI=1S/C43H73N3O30/c1-11-21(44-12(2)53)27(59)34(18(8-50)66-11)72-39-22(45-13(3)54)28(60)36(20(10-52)70-39)74-42-33(65)37(26(58)17(7-49)68-42)75-43-38(31(63)25(57)16(6-48)69-43)76-40-23(46-14(4)55)29(61)35(19(9-51)71-40)73-41-32(64)30(62)24(56)15(5-47)67-41/h11,15-43,47-52,56-65H,5-10H2,1-4H3,(H,44,53)(H,45,54)(H,46,55)/t11-,15?,16+,17?,18?,19?,20?,21+,22-,23-,24-,25+,26+,27?,28?,29?,30?,31?,32-,33+,34+,35+,36+,37?,38?,39-,40-,41-,42-,43+/m0/s1. The summed E-state index contributed by atoms with van der Waals surface area (Å²) in [6.07, 6.45) is -49.3. The molecule has 6 heterocycles. The van der Waals surface area contributed by atoms with Gasteiger partial charge < -0.3 is 150 Å². The van der Waals surface area contributed by atoms with Crippen molar-refractivity contribution < 1.29 is 148 Å². The number of rotatable bonds is 19. The molecule has 0 aromatic heterocycles. The average Bonchev–Trinajstić information content (AvgIpc) is 3.37. The van der Waals surface area contributed by atoms with Crippen LogP contribution in [0.5, 0.6) is 0 Å². The fourth-order valence-corrected chi connectivity index (χ4v) is 9.96. The predicted molar refractivity (Wildman–Crippen MR) is 237 cm³/mol. The van der Waals surface area contributed by atoms with Crippen LogP contribution in [-0.2, 0) is 66.5 Å². The molecule has 6 fully saturated rings. The summed E-state index contributed by atoms with van der Waals surface area (Å²) < 4.78 is 64.2. The van der Waals surface area contributed by atoms with Crippen molar-refractivity contribution in [3.05, 3.63) is 0 Å². The van der Waals surface area contributed by atoms with Crippen molar-refractivity contribution in [1.82, 2.24) is 16.0 Å². The molecule has 30 atom stereocenters. The van der Waals surface area contributed by atoms with Gasteiger partial charge in [0, 0.05) is 20.8 Å². The Labute approximate surface area is 432 Å². The van der Waals surface area contributed by atoms with Gasteiger partial charge in [-0.15, -0.1) is 0 Å². The number of ether oxygens (including phenoxy) is 11. The lowest BCUT2D eigenvalue weighted by Gasteiger charge is -2.51. The van der Waals surface area contributed by atoms with E-state index in [4.69, 9.17) is 52.1 Å². The molecule has 0 aromatic rings. The first-order valence-corrected chi connectivity index (χ1v) is 24.4. The summed E-state index contributed by atoms with van der Waals surface area (Å²) in [6.45, 7) is -0.877. The van der Waals surface area contributed by atoms with Gasteiger partial charge in [0.25, 0.3) is 0 Å². The second kappa shape index (κ2) is 27.2. The van der Waals surface area contributed by atoms with Crippen molar-refractivity contribution >= 4 is 17.7 Å². The van der Waals surface area contributed by atoms with Gasteiger partial charge in [-0.05, 0) is 6.92 Å². The van der Waals surface area contributed by atoms with Crippen LogP contribution < -0.4 is 16.0 Å². The van der Waals surface area contributed by atoms with Crippen molar-refractivity contribution in [2.45, 2.75) is 212 Å². The minimum absolute atomic E-state index is 0.549. The first kappa shape index (κ1) is 62.5. The molecule has 6 saturated heterocycles. The first-order chi connectivity index (χ1) is 35.9. The Kier molecular flexibility index (Phi) is 22.4. The van der Waals surface area contributed by atoms with E-state index in [1.165, 1.54) is 13.8 Å². The third-order valence-electron chi connectivity index (χ3n) is 13.9. The lowest BCUT2D eigenvalue weighted by atomic mass is 9.92. The molecule has 33 nitrogen and oxygen atoms in total. The van der Waals surface area contributed by atoms with Gasteiger partial charge in [-0.25, -0.2) is 0 Å². The number of nitrogens with one attached hydrogen (secondary N) is 3. The van der Waals surface area contributed by atoms with Crippen LogP contribution in [0.2, 0.25) is 0 Å². The van der Waals surface area contributed by atoms with Crippen LogP contribution in [0.1, 0.15) is 27.7 Å². The highest BCUT2D eigenvalue weighted by Crippen LogP contribution is 2.37. The molecule has 0 aliphatic carbocycles. The summed E-state index contributed by atoms with van der Waals surface area (Å²) in [7, 11) is 0. The van der Waals surface area contributed by atoms with E-state index >= 15 is 0 Å². The van der Waals surface area contributed by atoms with E-state index in [0.717, 1.165) is 13.8 Å². The molecule has 0 radical (unpaired) electrons. The monoisotopic (exact) mass is 1110 g/mol. The molecule has 0 bridgehead atoms. The molecule has 440 valence electrons.